The average molecular weight is 276 g/mol. The Labute approximate surface area is 107 Å². The molecule has 0 aromatic carbocycles. The van der Waals surface area contributed by atoms with Crippen LogP contribution in [0.1, 0.15) is 23.2 Å². The van der Waals surface area contributed by atoms with Crippen molar-refractivity contribution < 1.29 is 22.4 Å². The Kier molecular flexibility index (Phi) is 3.73. The van der Waals surface area contributed by atoms with E-state index in [1.54, 1.807) is 0 Å². The second-order valence-electron chi connectivity index (χ2n) is 4.49. The van der Waals surface area contributed by atoms with E-state index in [0.717, 1.165) is 11.1 Å². The van der Waals surface area contributed by atoms with E-state index < -0.39 is 30.4 Å². The Morgan fingerprint density at radius 3 is 2.79 bits per heavy atom. The van der Waals surface area contributed by atoms with E-state index in [0.29, 0.717) is 0 Å². The molecule has 0 radical (unpaired) electrons. The predicted octanol–water partition coefficient (Wildman–Crippen LogP) is 2.64. The van der Waals surface area contributed by atoms with Gasteiger partial charge < -0.3 is 4.90 Å². The lowest BCUT2D eigenvalue weighted by atomic mass is 9.97. The molecule has 1 amide bonds. The maximum atomic E-state index is 13.4. The fraction of sp³-hybridized carbons (Fsp3) is 0.500. The molecule has 3 nitrogen and oxygen atoms in total. The highest BCUT2D eigenvalue weighted by atomic mass is 19.4. The van der Waals surface area contributed by atoms with Crippen molar-refractivity contribution >= 4 is 5.91 Å². The van der Waals surface area contributed by atoms with Gasteiger partial charge in [0.2, 0.25) is 0 Å². The Balaban J connectivity index is 2.14. The largest absolute Gasteiger partial charge is 0.393 e. The number of rotatable bonds is 1. The molecule has 1 fully saturated rings. The van der Waals surface area contributed by atoms with Crippen LogP contribution in [0.25, 0.3) is 0 Å². The van der Waals surface area contributed by atoms with Crippen LogP contribution in [0.15, 0.2) is 18.5 Å². The number of likely N-dealkylation sites (tertiary alicyclic amines) is 1. The van der Waals surface area contributed by atoms with E-state index in [1.807, 2.05) is 0 Å². The lowest BCUT2D eigenvalue weighted by molar-refractivity contribution is -0.184. The molecule has 1 aliphatic heterocycles. The molecule has 1 atom stereocenters. The predicted molar refractivity (Wildman–Crippen MR) is 58.9 cm³/mol. The van der Waals surface area contributed by atoms with Crippen molar-refractivity contribution in [2.45, 2.75) is 19.0 Å². The van der Waals surface area contributed by atoms with Crippen molar-refractivity contribution in [2.75, 3.05) is 13.1 Å². The van der Waals surface area contributed by atoms with Crippen LogP contribution in [0.2, 0.25) is 0 Å². The van der Waals surface area contributed by atoms with Gasteiger partial charge in [0, 0.05) is 19.3 Å². The van der Waals surface area contributed by atoms with Crippen LogP contribution in [-0.4, -0.2) is 35.1 Å². The van der Waals surface area contributed by atoms with Crippen LogP contribution in [0.3, 0.4) is 0 Å². The third-order valence-electron chi connectivity index (χ3n) is 3.17. The zero-order chi connectivity index (χ0) is 14.0. The standard InChI is InChI=1S/C12H12F4N2O/c13-10-6-17-4-3-9(10)11(19)18-5-1-2-8(7-18)12(14,15)16/h3-4,6,8H,1-2,5,7H2. The molecule has 1 unspecified atom stereocenters. The quantitative estimate of drug-likeness (QED) is 0.739. The van der Waals surface area contributed by atoms with Crippen molar-refractivity contribution in [1.29, 1.82) is 0 Å². The van der Waals surface area contributed by atoms with E-state index in [-0.39, 0.29) is 24.9 Å². The van der Waals surface area contributed by atoms with Gasteiger partial charge >= 0.3 is 6.18 Å². The van der Waals surface area contributed by atoms with E-state index >= 15 is 0 Å². The number of carbonyl (C=O) groups is 1. The first-order chi connectivity index (χ1) is 8.89. The summed E-state index contributed by atoms with van der Waals surface area (Å²) in [6.45, 7) is -0.197. The normalized spacial score (nSPS) is 20.4. The molecule has 1 aliphatic rings. The van der Waals surface area contributed by atoms with Gasteiger partial charge in [0.15, 0.2) is 5.82 Å². The molecule has 0 aliphatic carbocycles. The molecular weight excluding hydrogens is 264 g/mol. The lowest BCUT2D eigenvalue weighted by Crippen LogP contribution is -2.44. The van der Waals surface area contributed by atoms with Crippen molar-refractivity contribution in [1.82, 2.24) is 9.88 Å². The molecule has 0 saturated carbocycles. The number of hydrogen-bond acceptors (Lipinski definition) is 2. The summed E-state index contributed by atoms with van der Waals surface area (Å²) >= 11 is 0. The second-order valence-corrected chi connectivity index (χ2v) is 4.49. The summed E-state index contributed by atoms with van der Waals surface area (Å²) in [6.07, 6.45) is -1.94. The van der Waals surface area contributed by atoms with Gasteiger partial charge in [-0.15, -0.1) is 0 Å². The number of hydrogen-bond donors (Lipinski definition) is 0. The summed E-state index contributed by atoms with van der Waals surface area (Å²) in [5, 5.41) is 0. The number of alkyl halides is 3. The Bertz CT molecular complexity index is 475. The van der Waals surface area contributed by atoms with E-state index in [9.17, 15) is 22.4 Å². The lowest BCUT2D eigenvalue weighted by Gasteiger charge is -2.33. The molecular formula is C12H12F4N2O. The van der Waals surface area contributed by atoms with Gasteiger partial charge in [-0.1, -0.05) is 0 Å². The zero-order valence-corrected chi connectivity index (χ0v) is 9.95. The number of carbonyl (C=O) groups excluding carboxylic acids is 1. The molecule has 2 rings (SSSR count). The minimum atomic E-state index is -4.32. The summed E-state index contributed by atoms with van der Waals surface area (Å²) in [6, 6.07) is 1.18. The van der Waals surface area contributed by atoms with Crippen molar-refractivity contribution in [3.8, 4) is 0 Å². The van der Waals surface area contributed by atoms with E-state index in [2.05, 4.69) is 4.98 Å². The van der Waals surface area contributed by atoms with Crippen LogP contribution >= 0.6 is 0 Å². The minimum Gasteiger partial charge on any atom is -0.338 e. The fourth-order valence-electron chi connectivity index (χ4n) is 2.15. The molecule has 0 bridgehead atoms. The highest BCUT2D eigenvalue weighted by Gasteiger charge is 2.42. The summed E-state index contributed by atoms with van der Waals surface area (Å²) < 4.78 is 51.3. The highest BCUT2D eigenvalue weighted by molar-refractivity contribution is 5.94. The molecule has 2 heterocycles. The van der Waals surface area contributed by atoms with Gasteiger partial charge in [0.1, 0.15) is 0 Å². The number of amides is 1. The number of halogens is 4. The second kappa shape index (κ2) is 5.14. The van der Waals surface area contributed by atoms with Crippen molar-refractivity contribution in [3.63, 3.8) is 0 Å². The Morgan fingerprint density at radius 1 is 1.42 bits per heavy atom. The summed E-state index contributed by atoms with van der Waals surface area (Å²) in [5.74, 6) is -3.06. The van der Waals surface area contributed by atoms with Gasteiger partial charge in [-0.25, -0.2) is 4.39 Å². The molecule has 1 aromatic rings. The number of aromatic nitrogens is 1. The van der Waals surface area contributed by atoms with Crippen LogP contribution in [0.4, 0.5) is 17.6 Å². The molecule has 19 heavy (non-hydrogen) atoms. The highest BCUT2D eigenvalue weighted by Crippen LogP contribution is 2.33. The molecule has 1 aromatic heterocycles. The maximum absolute atomic E-state index is 13.4. The topological polar surface area (TPSA) is 33.2 Å². The molecule has 1 saturated heterocycles. The summed E-state index contributed by atoms with van der Waals surface area (Å²) in [5.41, 5.74) is -0.238. The van der Waals surface area contributed by atoms with Gasteiger partial charge in [-0.2, -0.15) is 13.2 Å². The summed E-state index contributed by atoms with van der Waals surface area (Å²) in [4.78, 5) is 16.5. The van der Waals surface area contributed by atoms with Gasteiger partial charge in [-0.05, 0) is 18.9 Å². The molecule has 0 spiro atoms. The van der Waals surface area contributed by atoms with Crippen LogP contribution in [-0.2, 0) is 0 Å². The van der Waals surface area contributed by atoms with Gasteiger partial charge in [0.25, 0.3) is 5.91 Å². The summed E-state index contributed by atoms with van der Waals surface area (Å²) in [7, 11) is 0. The van der Waals surface area contributed by atoms with Crippen LogP contribution in [0.5, 0.6) is 0 Å². The van der Waals surface area contributed by atoms with Crippen molar-refractivity contribution in [3.05, 3.63) is 29.8 Å². The van der Waals surface area contributed by atoms with Crippen LogP contribution in [0, 0.1) is 11.7 Å². The first-order valence-corrected chi connectivity index (χ1v) is 5.85. The van der Waals surface area contributed by atoms with E-state index in [4.69, 9.17) is 0 Å². The van der Waals surface area contributed by atoms with Gasteiger partial charge in [0.05, 0.1) is 17.7 Å². The molecule has 104 valence electrons. The smallest absolute Gasteiger partial charge is 0.338 e. The van der Waals surface area contributed by atoms with Crippen LogP contribution < -0.4 is 0 Å². The van der Waals surface area contributed by atoms with Gasteiger partial charge in [-0.3, -0.25) is 9.78 Å². The third-order valence-corrected chi connectivity index (χ3v) is 3.17. The zero-order valence-electron chi connectivity index (χ0n) is 9.95. The Morgan fingerprint density at radius 2 is 2.16 bits per heavy atom. The monoisotopic (exact) mass is 276 g/mol. The average Bonchev–Trinajstić information content (AvgIpc) is 2.38. The van der Waals surface area contributed by atoms with Crippen molar-refractivity contribution in [2.24, 2.45) is 5.92 Å². The fourth-order valence-corrected chi connectivity index (χ4v) is 2.15. The van der Waals surface area contributed by atoms with E-state index in [1.165, 1.54) is 12.3 Å². The number of nitrogens with zero attached hydrogens (tertiary/aromatic N) is 2. The maximum Gasteiger partial charge on any atom is 0.393 e. The molecule has 7 heteroatoms. The third kappa shape index (κ3) is 3.02. The first kappa shape index (κ1) is 13.8. The SMILES string of the molecule is O=C(c1ccncc1F)N1CCCC(C(F)(F)F)C1. The minimum absolute atomic E-state index is 0.00606. The molecule has 0 N–H and O–H groups in total. The number of pyridine rings is 1. The Hall–Kier alpha value is -1.66. The first-order valence-electron chi connectivity index (χ1n) is 5.85. The number of piperidine rings is 1.